The molecule has 0 fully saturated rings. The summed E-state index contributed by atoms with van der Waals surface area (Å²) in [5.41, 5.74) is 2.70. The van der Waals surface area contributed by atoms with Gasteiger partial charge < -0.3 is 24.8 Å². The van der Waals surface area contributed by atoms with Crippen molar-refractivity contribution in [1.82, 2.24) is 10.6 Å². The predicted octanol–water partition coefficient (Wildman–Crippen LogP) is 5.33. The third-order valence-corrected chi connectivity index (χ3v) is 5.57. The SMILES string of the molecule is CCOC(=O)C1=C(C)NC(=S)NC1c1ccc(OCc2ccc(Cl)cc2Cl)c(OCC)c1. The van der Waals surface area contributed by atoms with E-state index in [4.69, 9.17) is 49.6 Å². The molecule has 0 saturated carbocycles. The van der Waals surface area contributed by atoms with Crippen molar-refractivity contribution in [2.45, 2.75) is 33.4 Å². The van der Waals surface area contributed by atoms with Gasteiger partial charge in [0.1, 0.15) is 6.61 Å². The molecule has 2 aromatic rings. The predicted molar refractivity (Wildman–Crippen MR) is 129 cm³/mol. The molecule has 3 rings (SSSR count). The first-order valence-electron chi connectivity index (χ1n) is 10.1. The molecular weight excluding hydrogens is 471 g/mol. The van der Waals surface area contributed by atoms with E-state index in [1.54, 1.807) is 32.0 Å². The van der Waals surface area contributed by atoms with Crippen LogP contribution in [0.4, 0.5) is 0 Å². The summed E-state index contributed by atoms with van der Waals surface area (Å²) >= 11 is 17.5. The molecule has 2 N–H and O–H groups in total. The third kappa shape index (κ3) is 5.65. The van der Waals surface area contributed by atoms with Crippen LogP contribution in [0.2, 0.25) is 10.0 Å². The van der Waals surface area contributed by atoms with Gasteiger partial charge in [-0.3, -0.25) is 0 Å². The van der Waals surface area contributed by atoms with E-state index in [0.717, 1.165) is 11.1 Å². The second-order valence-electron chi connectivity index (χ2n) is 6.95. The lowest BCUT2D eigenvalue weighted by atomic mass is 9.95. The van der Waals surface area contributed by atoms with Crippen LogP contribution in [-0.4, -0.2) is 24.3 Å². The molecule has 1 aliphatic rings. The van der Waals surface area contributed by atoms with Crippen molar-refractivity contribution in [2.75, 3.05) is 13.2 Å². The number of hydrogen-bond acceptors (Lipinski definition) is 5. The van der Waals surface area contributed by atoms with Crippen LogP contribution in [-0.2, 0) is 16.1 Å². The highest BCUT2D eigenvalue weighted by Gasteiger charge is 2.31. The number of ether oxygens (including phenoxy) is 3. The van der Waals surface area contributed by atoms with Gasteiger partial charge in [-0.15, -0.1) is 0 Å². The highest BCUT2D eigenvalue weighted by molar-refractivity contribution is 7.80. The number of carbonyl (C=O) groups excluding carboxylic acids is 1. The van der Waals surface area contributed by atoms with E-state index in [0.29, 0.717) is 44.5 Å². The van der Waals surface area contributed by atoms with Crippen LogP contribution in [0, 0.1) is 0 Å². The lowest BCUT2D eigenvalue weighted by Gasteiger charge is -2.30. The largest absolute Gasteiger partial charge is 0.490 e. The quantitative estimate of drug-likeness (QED) is 0.379. The maximum atomic E-state index is 12.6. The average molecular weight is 495 g/mol. The second kappa shape index (κ2) is 10.9. The minimum Gasteiger partial charge on any atom is -0.490 e. The number of thiocarbonyl (C=S) groups is 1. The van der Waals surface area contributed by atoms with Gasteiger partial charge in [0, 0.05) is 21.3 Å². The Morgan fingerprint density at radius 3 is 2.53 bits per heavy atom. The first kappa shape index (κ1) is 24.2. The van der Waals surface area contributed by atoms with Crippen LogP contribution in [0.1, 0.15) is 37.9 Å². The van der Waals surface area contributed by atoms with Gasteiger partial charge in [-0.2, -0.15) is 0 Å². The molecule has 2 aromatic carbocycles. The van der Waals surface area contributed by atoms with E-state index < -0.39 is 12.0 Å². The summed E-state index contributed by atoms with van der Waals surface area (Å²) in [6, 6.07) is 10.3. The minimum absolute atomic E-state index is 0.248. The van der Waals surface area contributed by atoms with Gasteiger partial charge in [0.25, 0.3) is 0 Å². The zero-order valence-electron chi connectivity index (χ0n) is 18.0. The van der Waals surface area contributed by atoms with Gasteiger partial charge in [0.05, 0.1) is 24.8 Å². The molecular formula is C23H24Cl2N2O4S. The lowest BCUT2D eigenvalue weighted by molar-refractivity contribution is -0.139. The molecule has 1 atom stereocenters. The fourth-order valence-corrected chi connectivity index (χ4v) is 4.04. The Balaban J connectivity index is 1.90. The van der Waals surface area contributed by atoms with Gasteiger partial charge in [-0.25, -0.2) is 4.79 Å². The number of halogens is 2. The molecule has 0 bridgehead atoms. The normalized spacial score (nSPS) is 15.7. The summed E-state index contributed by atoms with van der Waals surface area (Å²) in [6.07, 6.45) is 0. The molecule has 6 nitrogen and oxygen atoms in total. The molecule has 170 valence electrons. The van der Waals surface area contributed by atoms with Crippen LogP contribution in [0.15, 0.2) is 47.7 Å². The van der Waals surface area contributed by atoms with Crippen molar-refractivity contribution in [3.63, 3.8) is 0 Å². The Bertz CT molecular complexity index is 1060. The smallest absolute Gasteiger partial charge is 0.338 e. The van der Waals surface area contributed by atoms with Crippen molar-refractivity contribution in [3.8, 4) is 11.5 Å². The fraction of sp³-hybridized carbons (Fsp3) is 0.304. The van der Waals surface area contributed by atoms with Gasteiger partial charge >= 0.3 is 5.97 Å². The Hall–Kier alpha value is -2.48. The van der Waals surface area contributed by atoms with E-state index >= 15 is 0 Å². The first-order chi connectivity index (χ1) is 15.3. The van der Waals surface area contributed by atoms with Crippen molar-refractivity contribution < 1.29 is 19.0 Å². The Kier molecular flexibility index (Phi) is 8.23. The molecule has 0 amide bonds. The van der Waals surface area contributed by atoms with Crippen molar-refractivity contribution in [3.05, 3.63) is 68.8 Å². The van der Waals surface area contributed by atoms with E-state index in [1.807, 2.05) is 25.1 Å². The van der Waals surface area contributed by atoms with Crippen molar-refractivity contribution in [2.24, 2.45) is 0 Å². The number of benzene rings is 2. The number of rotatable bonds is 8. The second-order valence-corrected chi connectivity index (χ2v) is 8.21. The van der Waals surface area contributed by atoms with E-state index in [2.05, 4.69) is 10.6 Å². The molecule has 1 unspecified atom stereocenters. The standard InChI is InChI=1S/C23H24Cl2N2O4S/c1-4-29-19-10-14(21-20(22(28)30-5-2)13(3)26-23(32)27-21)7-9-18(19)31-12-15-6-8-16(24)11-17(15)25/h6-11,21H,4-5,12H2,1-3H3,(H2,26,27,32). The van der Waals surface area contributed by atoms with Gasteiger partial charge in [-0.05, 0) is 62.8 Å². The summed E-state index contributed by atoms with van der Waals surface area (Å²) < 4.78 is 17.0. The Labute approximate surface area is 202 Å². The molecule has 0 spiro atoms. The van der Waals surface area contributed by atoms with Gasteiger partial charge in [0.15, 0.2) is 16.6 Å². The van der Waals surface area contributed by atoms with Crippen LogP contribution < -0.4 is 20.1 Å². The monoisotopic (exact) mass is 494 g/mol. The summed E-state index contributed by atoms with van der Waals surface area (Å²) in [5, 5.41) is 7.65. The lowest BCUT2D eigenvalue weighted by Crippen LogP contribution is -2.45. The number of esters is 1. The topological polar surface area (TPSA) is 68.8 Å². The summed E-state index contributed by atoms with van der Waals surface area (Å²) in [6.45, 7) is 6.42. The molecule has 32 heavy (non-hydrogen) atoms. The van der Waals surface area contributed by atoms with Crippen molar-refractivity contribution in [1.29, 1.82) is 0 Å². The first-order valence-corrected chi connectivity index (χ1v) is 11.3. The molecule has 1 heterocycles. The Morgan fingerprint density at radius 1 is 1.06 bits per heavy atom. The van der Waals surface area contributed by atoms with E-state index in [9.17, 15) is 4.79 Å². The highest BCUT2D eigenvalue weighted by atomic mass is 35.5. The van der Waals surface area contributed by atoms with Crippen LogP contribution in [0.5, 0.6) is 11.5 Å². The maximum Gasteiger partial charge on any atom is 0.338 e. The molecule has 0 radical (unpaired) electrons. The van der Waals surface area contributed by atoms with E-state index in [-0.39, 0.29) is 13.2 Å². The average Bonchev–Trinajstić information content (AvgIpc) is 2.73. The minimum atomic E-state index is -0.484. The third-order valence-electron chi connectivity index (χ3n) is 4.76. The molecule has 0 aliphatic carbocycles. The fourth-order valence-electron chi connectivity index (χ4n) is 3.31. The van der Waals surface area contributed by atoms with Gasteiger partial charge in [-0.1, -0.05) is 35.3 Å². The zero-order chi connectivity index (χ0) is 23.3. The molecule has 0 aromatic heterocycles. The van der Waals surface area contributed by atoms with Crippen LogP contribution >= 0.6 is 35.4 Å². The zero-order valence-corrected chi connectivity index (χ0v) is 20.3. The van der Waals surface area contributed by atoms with E-state index in [1.165, 1.54) is 0 Å². The summed E-state index contributed by atoms with van der Waals surface area (Å²) in [5.74, 6) is 0.687. The number of hydrogen-bond donors (Lipinski definition) is 2. The van der Waals surface area contributed by atoms with Gasteiger partial charge in [0.2, 0.25) is 0 Å². The highest BCUT2D eigenvalue weighted by Crippen LogP contribution is 2.35. The molecule has 1 aliphatic heterocycles. The Morgan fingerprint density at radius 2 is 1.84 bits per heavy atom. The van der Waals surface area contributed by atoms with Crippen LogP contribution in [0.25, 0.3) is 0 Å². The maximum absolute atomic E-state index is 12.6. The van der Waals surface area contributed by atoms with Crippen molar-refractivity contribution >= 4 is 46.5 Å². The number of allylic oxidation sites excluding steroid dienone is 1. The summed E-state index contributed by atoms with van der Waals surface area (Å²) in [4.78, 5) is 12.6. The summed E-state index contributed by atoms with van der Waals surface area (Å²) in [7, 11) is 0. The van der Waals surface area contributed by atoms with Crippen LogP contribution in [0.3, 0.4) is 0 Å². The number of carbonyl (C=O) groups is 1. The number of nitrogens with one attached hydrogen (secondary N) is 2. The molecule has 9 heteroatoms. The molecule has 0 saturated heterocycles.